The number of rotatable bonds is 2. The molecule has 3 aromatic carbocycles. The maximum absolute atomic E-state index is 13.7. The lowest BCUT2D eigenvalue weighted by Crippen LogP contribution is -2.43. The van der Waals surface area contributed by atoms with Crippen LogP contribution in [0.5, 0.6) is 0 Å². The van der Waals surface area contributed by atoms with Crippen LogP contribution in [0.15, 0.2) is 83.7 Å². The van der Waals surface area contributed by atoms with Crippen LogP contribution in [0.2, 0.25) is 5.02 Å². The van der Waals surface area contributed by atoms with Crippen molar-refractivity contribution in [1.29, 1.82) is 0 Å². The zero-order valence-corrected chi connectivity index (χ0v) is 16.0. The molecule has 0 aliphatic carbocycles. The summed E-state index contributed by atoms with van der Waals surface area (Å²) in [6.45, 7) is 0. The molecule has 6 heteroatoms. The number of para-hydroxylation sites is 2. The van der Waals surface area contributed by atoms with Crippen molar-refractivity contribution in [3.05, 3.63) is 105 Å². The fraction of sp³-hybridized carbons (Fsp3) is 0.0435. The number of halogens is 1. The van der Waals surface area contributed by atoms with Gasteiger partial charge in [0.25, 0.3) is 5.56 Å². The molecule has 0 spiro atoms. The van der Waals surface area contributed by atoms with Gasteiger partial charge in [0, 0.05) is 16.1 Å². The highest BCUT2D eigenvalue weighted by Crippen LogP contribution is 2.35. The first-order valence-electron chi connectivity index (χ1n) is 9.19. The fourth-order valence-corrected chi connectivity index (χ4v) is 3.98. The molecule has 0 saturated carbocycles. The Morgan fingerprint density at radius 2 is 1.52 bits per heavy atom. The molecule has 5 rings (SSSR count). The van der Waals surface area contributed by atoms with Crippen LogP contribution < -0.4 is 16.2 Å². The number of benzene rings is 3. The Kier molecular flexibility index (Phi) is 4.11. The van der Waals surface area contributed by atoms with Gasteiger partial charge in [-0.1, -0.05) is 60.1 Å². The average Bonchev–Trinajstić information content (AvgIpc) is 2.74. The van der Waals surface area contributed by atoms with Gasteiger partial charge in [0.15, 0.2) is 0 Å². The molecule has 142 valence electrons. The summed E-state index contributed by atoms with van der Waals surface area (Å²) in [5.74, 6) is 0. The minimum Gasteiger partial charge on any atom is -0.327 e. The molecule has 0 radical (unpaired) electrons. The van der Waals surface area contributed by atoms with Crippen LogP contribution in [-0.2, 0) is 0 Å². The molecule has 29 heavy (non-hydrogen) atoms. The van der Waals surface area contributed by atoms with Crippen molar-refractivity contribution < 1.29 is 4.79 Å². The van der Waals surface area contributed by atoms with Gasteiger partial charge in [-0.15, -0.1) is 0 Å². The Morgan fingerprint density at radius 1 is 0.828 bits per heavy atom. The quantitative estimate of drug-likeness (QED) is 0.503. The van der Waals surface area contributed by atoms with Gasteiger partial charge in [0.2, 0.25) is 0 Å². The summed E-state index contributed by atoms with van der Waals surface area (Å²) in [6.07, 6.45) is 0. The third kappa shape index (κ3) is 2.87. The number of hydrogen-bond donors (Lipinski definition) is 2. The van der Waals surface area contributed by atoms with E-state index in [4.69, 9.17) is 11.6 Å². The van der Waals surface area contributed by atoms with E-state index in [-0.39, 0.29) is 11.6 Å². The highest BCUT2D eigenvalue weighted by molar-refractivity contribution is 6.30. The molecule has 4 aromatic rings. The molecule has 1 unspecified atom stereocenters. The zero-order chi connectivity index (χ0) is 20.0. The topological polar surface area (TPSA) is 63.1 Å². The summed E-state index contributed by atoms with van der Waals surface area (Å²) < 4.78 is 1.69. The lowest BCUT2D eigenvalue weighted by atomic mass is 9.94. The minimum atomic E-state index is -0.580. The summed E-state index contributed by atoms with van der Waals surface area (Å²) in [4.78, 5) is 26.2. The van der Waals surface area contributed by atoms with Crippen molar-refractivity contribution in [2.24, 2.45) is 0 Å². The molecular formula is C23H16ClN3O2. The number of urea groups is 1. The monoisotopic (exact) mass is 401 g/mol. The van der Waals surface area contributed by atoms with Crippen molar-refractivity contribution in [2.75, 3.05) is 5.32 Å². The highest BCUT2D eigenvalue weighted by Gasteiger charge is 2.31. The predicted octanol–water partition coefficient (Wildman–Crippen LogP) is 4.87. The Bertz CT molecular complexity index is 1300. The van der Waals surface area contributed by atoms with Crippen LogP contribution >= 0.6 is 11.6 Å². The SMILES string of the molecule is O=C1Nc2c(c(=O)n(-c3ccccc3)c3ccccc23)C(c2ccc(Cl)cc2)N1. The third-order valence-electron chi connectivity index (χ3n) is 5.14. The van der Waals surface area contributed by atoms with E-state index in [2.05, 4.69) is 10.6 Å². The molecule has 1 aliphatic heterocycles. The number of anilines is 1. The Hall–Kier alpha value is -3.57. The molecule has 2 amide bonds. The van der Waals surface area contributed by atoms with Gasteiger partial charge in [0.05, 0.1) is 22.8 Å². The van der Waals surface area contributed by atoms with E-state index in [1.165, 1.54) is 0 Å². The second-order valence-electron chi connectivity index (χ2n) is 6.86. The van der Waals surface area contributed by atoms with E-state index in [9.17, 15) is 9.59 Å². The number of fused-ring (bicyclic) bond motifs is 3. The lowest BCUT2D eigenvalue weighted by molar-refractivity contribution is 0.249. The zero-order valence-electron chi connectivity index (χ0n) is 15.2. The molecule has 1 aliphatic rings. The van der Waals surface area contributed by atoms with Crippen LogP contribution in [-0.4, -0.2) is 10.6 Å². The van der Waals surface area contributed by atoms with Gasteiger partial charge < -0.3 is 10.6 Å². The van der Waals surface area contributed by atoms with Crippen molar-refractivity contribution in [3.63, 3.8) is 0 Å². The normalized spacial score (nSPS) is 15.5. The van der Waals surface area contributed by atoms with Gasteiger partial charge in [-0.3, -0.25) is 9.36 Å². The van der Waals surface area contributed by atoms with Crippen molar-refractivity contribution in [1.82, 2.24) is 9.88 Å². The van der Waals surface area contributed by atoms with E-state index < -0.39 is 6.04 Å². The molecule has 2 heterocycles. The van der Waals surface area contributed by atoms with Crippen LogP contribution in [0.3, 0.4) is 0 Å². The summed E-state index contributed by atoms with van der Waals surface area (Å²) >= 11 is 6.03. The number of amides is 2. The van der Waals surface area contributed by atoms with Gasteiger partial charge in [-0.2, -0.15) is 0 Å². The smallest absolute Gasteiger partial charge is 0.320 e. The highest BCUT2D eigenvalue weighted by atomic mass is 35.5. The number of carbonyl (C=O) groups is 1. The summed E-state index contributed by atoms with van der Waals surface area (Å²) in [5.41, 5.74) is 3.15. The molecule has 2 N–H and O–H groups in total. The third-order valence-corrected chi connectivity index (χ3v) is 5.39. The molecule has 1 aromatic heterocycles. The van der Waals surface area contributed by atoms with Crippen molar-refractivity contribution >= 4 is 34.2 Å². The molecule has 0 fully saturated rings. The van der Waals surface area contributed by atoms with E-state index in [1.807, 2.05) is 66.7 Å². The lowest BCUT2D eigenvalue weighted by Gasteiger charge is -2.29. The number of carbonyl (C=O) groups excluding carboxylic acids is 1. The molecule has 0 saturated heterocycles. The number of pyridine rings is 1. The minimum absolute atomic E-state index is 0.183. The molecular weight excluding hydrogens is 386 g/mol. The average molecular weight is 402 g/mol. The summed E-state index contributed by atoms with van der Waals surface area (Å²) in [6, 6.07) is 23.3. The summed E-state index contributed by atoms with van der Waals surface area (Å²) in [7, 11) is 0. The van der Waals surface area contributed by atoms with Crippen LogP contribution in [0.4, 0.5) is 10.5 Å². The Morgan fingerprint density at radius 3 is 2.28 bits per heavy atom. The second kappa shape index (κ2) is 6.79. The fourth-order valence-electron chi connectivity index (χ4n) is 3.86. The Balaban J connectivity index is 1.87. The van der Waals surface area contributed by atoms with Crippen LogP contribution in [0, 0.1) is 0 Å². The van der Waals surface area contributed by atoms with Gasteiger partial charge in [-0.25, -0.2) is 4.79 Å². The van der Waals surface area contributed by atoms with E-state index in [0.717, 1.165) is 22.2 Å². The van der Waals surface area contributed by atoms with Crippen LogP contribution in [0.1, 0.15) is 17.2 Å². The predicted molar refractivity (Wildman–Crippen MR) is 115 cm³/mol. The second-order valence-corrected chi connectivity index (χ2v) is 7.30. The number of hydrogen-bond acceptors (Lipinski definition) is 2. The maximum Gasteiger partial charge on any atom is 0.320 e. The standard InChI is InChI=1S/C23H16ClN3O2/c24-15-12-10-14(11-13-15)20-19-21(26-23(29)25-20)17-8-4-5-9-18(17)27(22(19)28)16-6-2-1-3-7-16/h1-13,20H,(H2,25,26,29). The first kappa shape index (κ1) is 17.5. The van der Waals surface area contributed by atoms with Crippen molar-refractivity contribution in [2.45, 2.75) is 6.04 Å². The van der Waals surface area contributed by atoms with Gasteiger partial charge in [-0.05, 0) is 35.9 Å². The Labute approximate surface area is 171 Å². The molecule has 0 bridgehead atoms. The molecule has 5 nitrogen and oxygen atoms in total. The number of nitrogens with zero attached hydrogens (tertiary/aromatic N) is 1. The first-order valence-corrected chi connectivity index (χ1v) is 9.57. The van der Waals surface area contributed by atoms with Gasteiger partial charge in [0.1, 0.15) is 0 Å². The molecule has 1 atom stereocenters. The number of aromatic nitrogens is 1. The largest absolute Gasteiger partial charge is 0.327 e. The van der Waals surface area contributed by atoms with E-state index in [0.29, 0.717) is 16.3 Å². The van der Waals surface area contributed by atoms with E-state index >= 15 is 0 Å². The number of nitrogens with one attached hydrogen (secondary N) is 2. The summed E-state index contributed by atoms with van der Waals surface area (Å²) in [5, 5.41) is 7.13. The maximum atomic E-state index is 13.7. The van der Waals surface area contributed by atoms with Crippen molar-refractivity contribution in [3.8, 4) is 5.69 Å². The van der Waals surface area contributed by atoms with E-state index in [1.54, 1.807) is 16.7 Å². The van der Waals surface area contributed by atoms with Gasteiger partial charge >= 0.3 is 6.03 Å². The van der Waals surface area contributed by atoms with Crippen LogP contribution in [0.25, 0.3) is 16.6 Å². The first-order chi connectivity index (χ1) is 14.1.